The Balaban J connectivity index is 1.84. The highest BCUT2D eigenvalue weighted by Crippen LogP contribution is 2.37. The van der Waals surface area contributed by atoms with Crippen molar-refractivity contribution in [3.8, 4) is 11.1 Å². The number of benzene rings is 3. The van der Waals surface area contributed by atoms with Gasteiger partial charge >= 0.3 is 12.1 Å². The highest BCUT2D eigenvalue weighted by Gasteiger charge is 2.28. The van der Waals surface area contributed by atoms with Crippen LogP contribution in [0.3, 0.4) is 0 Å². The summed E-state index contributed by atoms with van der Waals surface area (Å²) < 4.78 is 23.9. The Morgan fingerprint density at radius 3 is 2.42 bits per heavy atom. The molecule has 31 heavy (non-hydrogen) atoms. The van der Waals surface area contributed by atoms with Gasteiger partial charge < -0.3 is 14.3 Å². The fraction of sp³-hybridized carbons (Fsp3) is 0.0435. The Labute approximate surface area is 181 Å². The SMILES string of the molecule is COC(=O)N(c1cc2cc(-c3ccc(F)cc3)ccc2o1)c1cccc(Cl)c1C(=O)O. The lowest BCUT2D eigenvalue weighted by atomic mass is 10.0. The van der Waals surface area contributed by atoms with Gasteiger partial charge in [-0.05, 0) is 47.5 Å². The Hall–Kier alpha value is -3.84. The first kappa shape index (κ1) is 20.4. The van der Waals surface area contributed by atoms with Crippen molar-refractivity contribution in [1.82, 2.24) is 0 Å². The van der Waals surface area contributed by atoms with E-state index in [2.05, 4.69) is 0 Å². The number of aromatic carboxylic acids is 1. The second kappa shape index (κ2) is 8.12. The van der Waals surface area contributed by atoms with Gasteiger partial charge in [-0.2, -0.15) is 0 Å². The van der Waals surface area contributed by atoms with Gasteiger partial charge in [-0.1, -0.05) is 35.9 Å². The van der Waals surface area contributed by atoms with E-state index in [1.54, 1.807) is 30.3 Å². The van der Waals surface area contributed by atoms with E-state index < -0.39 is 12.1 Å². The van der Waals surface area contributed by atoms with Crippen LogP contribution in [0.25, 0.3) is 22.1 Å². The molecule has 0 bridgehead atoms. The van der Waals surface area contributed by atoms with E-state index in [1.165, 1.54) is 37.4 Å². The number of hydrogen-bond donors (Lipinski definition) is 1. The third-order valence-electron chi connectivity index (χ3n) is 4.70. The van der Waals surface area contributed by atoms with E-state index >= 15 is 0 Å². The summed E-state index contributed by atoms with van der Waals surface area (Å²) in [4.78, 5) is 25.3. The van der Waals surface area contributed by atoms with Gasteiger partial charge in [0.2, 0.25) is 5.88 Å². The molecule has 6 nitrogen and oxygen atoms in total. The minimum absolute atomic E-state index is 0.00432. The zero-order chi connectivity index (χ0) is 22.1. The molecular formula is C23H15ClFNO5. The predicted molar refractivity (Wildman–Crippen MR) is 115 cm³/mol. The summed E-state index contributed by atoms with van der Waals surface area (Å²) in [5, 5.41) is 10.2. The number of fused-ring (bicyclic) bond motifs is 1. The molecule has 0 atom stereocenters. The smallest absolute Gasteiger partial charge is 0.421 e. The second-order valence-corrected chi connectivity index (χ2v) is 7.00. The largest absolute Gasteiger partial charge is 0.478 e. The number of nitrogens with zero attached hydrogens (tertiary/aromatic N) is 1. The molecule has 0 aliphatic heterocycles. The first-order valence-electron chi connectivity index (χ1n) is 9.08. The van der Waals surface area contributed by atoms with Crippen molar-refractivity contribution in [3.63, 3.8) is 0 Å². The van der Waals surface area contributed by atoms with E-state index in [9.17, 15) is 19.1 Å². The number of amides is 1. The second-order valence-electron chi connectivity index (χ2n) is 6.59. The molecule has 3 aromatic carbocycles. The van der Waals surface area contributed by atoms with Gasteiger partial charge in [0.05, 0.1) is 17.8 Å². The van der Waals surface area contributed by atoms with E-state index in [1.807, 2.05) is 6.07 Å². The Bertz CT molecular complexity index is 1300. The molecule has 1 aromatic heterocycles. The number of furan rings is 1. The number of rotatable bonds is 4. The minimum Gasteiger partial charge on any atom is -0.478 e. The molecule has 0 aliphatic rings. The van der Waals surface area contributed by atoms with Crippen LogP contribution in [0.4, 0.5) is 20.8 Å². The molecule has 8 heteroatoms. The van der Waals surface area contributed by atoms with Gasteiger partial charge in [0.25, 0.3) is 0 Å². The fourth-order valence-electron chi connectivity index (χ4n) is 3.27. The maximum Gasteiger partial charge on any atom is 0.421 e. The van der Waals surface area contributed by atoms with Crippen LogP contribution < -0.4 is 4.90 Å². The Kier molecular flexibility index (Phi) is 5.35. The highest BCUT2D eigenvalue weighted by atomic mass is 35.5. The summed E-state index contributed by atoms with van der Waals surface area (Å²) in [7, 11) is 1.18. The normalized spacial score (nSPS) is 10.8. The molecule has 4 rings (SSSR count). The van der Waals surface area contributed by atoms with Crippen LogP contribution in [0.1, 0.15) is 10.4 Å². The first-order valence-corrected chi connectivity index (χ1v) is 9.46. The maximum absolute atomic E-state index is 13.2. The number of hydrogen-bond acceptors (Lipinski definition) is 4. The van der Waals surface area contributed by atoms with Crippen LogP contribution in [0.15, 0.2) is 71.1 Å². The molecule has 4 aromatic rings. The average molecular weight is 440 g/mol. The highest BCUT2D eigenvalue weighted by molar-refractivity contribution is 6.34. The van der Waals surface area contributed by atoms with Gasteiger partial charge in [-0.15, -0.1) is 0 Å². The summed E-state index contributed by atoms with van der Waals surface area (Å²) in [5.41, 5.74) is 1.83. The van der Waals surface area contributed by atoms with E-state index in [4.69, 9.17) is 20.8 Å². The van der Waals surface area contributed by atoms with Crippen molar-refractivity contribution in [2.45, 2.75) is 0 Å². The quantitative estimate of drug-likeness (QED) is 0.393. The fourth-order valence-corrected chi connectivity index (χ4v) is 3.52. The summed E-state index contributed by atoms with van der Waals surface area (Å²) >= 11 is 6.07. The summed E-state index contributed by atoms with van der Waals surface area (Å²) in [6, 6.07) is 17.3. The van der Waals surface area contributed by atoms with Gasteiger partial charge in [-0.25, -0.2) is 18.9 Å². The van der Waals surface area contributed by atoms with Crippen molar-refractivity contribution in [2.24, 2.45) is 0 Å². The summed E-state index contributed by atoms with van der Waals surface area (Å²) in [6.07, 6.45) is -0.845. The Morgan fingerprint density at radius 1 is 1.03 bits per heavy atom. The zero-order valence-electron chi connectivity index (χ0n) is 16.1. The number of anilines is 2. The molecule has 0 radical (unpaired) electrons. The number of carbonyl (C=O) groups excluding carboxylic acids is 1. The third kappa shape index (κ3) is 3.83. The molecule has 0 saturated heterocycles. The van der Waals surface area contributed by atoms with Gasteiger partial charge in [0, 0.05) is 11.5 Å². The van der Waals surface area contributed by atoms with Crippen LogP contribution in [0.5, 0.6) is 0 Å². The molecule has 1 N–H and O–H groups in total. The third-order valence-corrected chi connectivity index (χ3v) is 5.02. The Morgan fingerprint density at radius 2 is 1.74 bits per heavy atom. The van der Waals surface area contributed by atoms with Gasteiger partial charge in [0.15, 0.2) is 0 Å². The van der Waals surface area contributed by atoms with E-state index in [0.29, 0.717) is 11.0 Å². The van der Waals surface area contributed by atoms with Crippen LogP contribution >= 0.6 is 11.6 Å². The molecule has 0 aliphatic carbocycles. The van der Waals surface area contributed by atoms with Crippen molar-refractivity contribution in [2.75, 3.05) is 12.0 Å². The molecule has 0 unspecified atom stereocenters. The van der Waals surface area contributed by atoms with Crippen LogP contribution in [0, 0.1) is 5.82 Å². The van der Waals surface area contributed by atoms with Gasteiger partial charge in [0.1, 0.15) is 17.0 Å². The van der Waals surface area contributed by atoms with Crippen molar-refractivity contribution < 1.29 is 28.2 Å². The molecule has 0 spiro atoms. The van der Waals surface area contributed by atoms with E-state index in [0.717, 1.165) is 16.0 Å². The molecule has 1 amide bonds. The topological polar surface area (TPSA) is 80.0 Å². The van der Waals surface area contributed by atoms with Crippen molar-refractivity contribution in [1.29, 1.82) is 0 Å². The van der Waals surface area contributed by atoms with Crippen molar-refractivity contribution in [3.05, 3.63) is 83.1 Å². The van der Waals surface area contributed by atoms with Crippen LogP contribution in [-0.4, -0.2) is 24.3 Å². The zero-order valence-corrected chi connectivity index (χ0v) is 16.9. The number of methoxy groups -OCH3 is 1. The van der Waals surface area contributed by atoms with E-state index in [-0.39, 0.29) is 28.0 Å². The summed E-state index contributed by atoms with van der Waals surface area (Å²) in [5.74, 6) is -1.58. The number of carboxylic acid groups (broad SMARTS) is 1. The van der Waals surface area contributed by atoms with Crippen LogP contribution in [0.2, 0.25) is 5.02 Å². The maximum atomic E-state index is 13.2. The molecule has 1 heterocycles. The predicted octanol–water partition coefficient (Wildman–Crippen LogP) is 6.50. The number of carboxylic acids is 1. The lowest BCUT2D eigenvalue weighted by molar-refractivity contribution is 0.0698. The molecular weight excluding hydrogens is 425 g/mol. The number of carbonyl (C=O) groups is 2. The molecule has 0 fully saturated rings. The minimum atomic E-state index is -1.30. The summed E-state index contributed by atoms with van der Waals surface area (Å²) in [6.45, 7) is 0. The first-order chi connectivity index (χ1) is 14.9. The molecule has 0 saturated carbocycles. The standard InChI is InChI=1S/C23H15ClFNO5/c1-30-23(29)26(18-4-2-3-17(24)21(18)22(27)28)20-12-15-11-14(7-10-19(15)31-20)13-5-8-16(25)9-6-13/h2-12H,1H3,(H,27,28). The molecule has 156 valence electrons. The average Bonchev–Trinajstić information content (AvgIpc) is 3.16. The van der Waals surface area contributed by atoms with Crippen molar-refractivity contribution >= 4 is 46.2 Å². The monoisotopic (exact) mass is 439 g/mol. The number of ether oxygens (including phenoxy) is 1. The lowest BCUT2D eigenvalue weighted by Crippen LogP contribution is -2.27. The lowest BCUT2D eigenvalue weighted by Gasteiger charge is -2.20. The van der Waals surface area contributed by atoms with Crippen LogP contribution in [-0.2, 0) is 4.74 Å². The van der Waals surface area contributed by atoms with Gasteiger partial charge in [-0.3, -0.25) is 0 Å². The number of halogens is 2.